The van der Waals surface area contributed by atoms with Crippen LogP contribution in [0.5, 0.6) is 0 Å². The molecule has 1 aromatic heterocycles. The second-order valence-electron chi connectivity index (χ2n) is 2.96. The summed E-state index contributed by atoms with van der Waals surface area (Å²) in [5.74, 6) is -3.77. The lowest BCUT2D eigenvalue weighted by Crippen LogP contribution is -2.10. The van der Waals surface area contributed by atoms with Crippen molar-refractivity contribution in [2.45, 2.75) is 13.0 Å². The lowest BCUT2D eigenvalue weighted by Gasteiger charge is -1.93. The number of carboxylic acids is 3. The van der Waals surface area contributed by atoms with E-state index in [9.17, 15) is 14.4 Å². The van der Waals surface area contributed by atoms with Gasteiger partial charge in [-0.05, 0) is 0 Å². The van der Waals surface area contributed by atoms with E-state index in [0.29, 0.717) is 0 Å². The predicted octanol–water partition coefficient (Wildman–Crippen LogP) is -0.707. The third kappa shape index (κ3) is 2.80. The van der Waals surface area contributed by atoms with Crippen molar-refractivity contribution in [3.63, 3.8) is 0 Å². The third-order valence-corrected chi connectivity index (χ3v) is 1.68. The van der Waals surface area contributed by atoms with Gasteiger partial charge in [-0.15, -0.1) is 0 Å². The molecule has 8 nitrogen and oxygen atoms in total. The Bertz CT molecular complexity index is 449. The van der Waals surface area contributed by atoms with Gasteiger partial charge in [0.25, 0.3) is 0 Å². The number of hydrogen-bond acceptors (Lipinski definition) is 4. The third-order valence-electron chi connectivity index (χ3n) is 1.68. The second-order valence-corrected chi connectivity index (χ2v) is 2.96. The summed E-state index contributed by atoms with van der Waals surface area (Å²) in [6, 6.07) is 0. The molecule has 0 unspecified atom stereocenters. The molecule has 0 aliphatic rings. The zero-order valence-electron chi connectivity index (χ0n) is 7.95. The van der Waals surface area contributed by atoms with Crippen LogP contribution in [0.4, 0.5) is 0 Å². The summed E-state index contributed by atoms with van der Waals surface area (Å²) in [5.41, 5.74) is -0.468. The first-order valence-corrected chi connectivity index (χ1v) is 4.13. The maximum absolute atomic E-state index is 10.7. The molecule has 0 fully saturated rings. The van der Waals surface area contributed by atoms with Crippen molar-refractivity contribution >= 4 is 17.9 Å². The molecule has 0 aromatic carbocycles. The van der Waals surface area contributed by atoms with Gasteiger partial charge in [0.15, 0.2) is 0 Å². The minimum absolute atomic E-state index is 0.166. The summed E-state index contributed by atoms with van der Waals surface area (Å²) in [6.45, 7) is -0.514. The van der Waals surface area contributed by atoms with Crippen LogP contribution in [0.3, 0.4) is 0 Å². The fourth-order valence-corrected chi connectivity index (χ4v) is 1.13. The largest absolute Gasteiger partial charge is 0.481 e. The number of carboxylic acid groups (broad SMARTS) is 3. The number of aliphatic carboxylic acids is 2. The smallest absolute Gasteiger partial charge is 0.339 e. The number of hydrogen-bond donors (Lipinski definition) is 3. The first-order chi connectivity index (χ1) is 7.40. The van der Waals surface area contributed by atoms with Crippen LogP contribution < -0.4 is 0 Å². The number of carbonyl (C=O) groups is 3. The fraction of sp³-hybridized carbons (Fsp3) is 0.250. The number of nitrogens with zero attached hydrogens (tertiary/aromatic N) is 2. The molecule has 0 radical (unpaired) electrons. The predicted molar refractivity (Wildman–Crippen MR) is 48.2 cm³/mol. The highest BCUT2D eigenvalue weighted by atomic mass is 16.4. The molecule has 0 aliphatic heterocycles. The van der Waals surface area contributed by atoms with Gasteiger partial charge in [-0.25, -0.2) is 4.79 Å². The molecule has 0 bridgehead atoms. The van der Waals surface area contributed by atoms with Gasteiger partial charge in [0, 0.05) is 6.20 Å². The normalized spacial score (nSPS) is 10.0. The van der Waals surface area contributed by atoms with E-state index in [4.69, 9.17) is 15.3 Å². The summed E-state index contributed by atoms with van der Waals surface area (Å²) in [6.07, 6.45) is 0.434. The summed E-state index contributed by atoms with van der Waals surface area (Å²) in [7, 11) is 0. The van der Waals surface area contributed by atoms with Gasteiger partial charge in [0.1, 0.15) is 12.1 Å². The molecule has 1 heterocycles. The standard InChI is InChI=1S/C8H8N2O6/c11-6(12)1-5-4(8(15)16)2-10(9-5)3-7(13)14/h2H,1,3H2,(H,11,12)(H,13,14)(H,15,16). The zero-order valence-corrected chi connectivity index (χ0v) is 7.95. The molecular formula is C8H8N2O6. The SMILES string of the molecule is O=C(O)Cc1nn(CC(=O)O)cc1C(=O)O. The van der Waals surface area contributed by atoms with Crippen LogP contribution in [-0.2, 0) is 22.6 Å². The van der Waals surface area contributed by atoms with Crippen LogP contribution in [0.2, 0.25) is 0 Å². The van der Waals surface area contributed by atoms with Gasteiger partial charge in [-0.3, -0.25) is 14.3 Å². The summed E-state index contributed by atoms with van der Waals surface area (Å²) in [5, 5.41) is 29.3. The number of aromatic carboxylic acids is 1. The zero-order chi connectivity index (χ0) is 12.3. The Kier molecular flexibility index (Phi) is 3.24. The molecular weight excluding hydrogens is 220 g/mol. The molecule has 3 N–H and O–H groups in total. The van der Waals surface area contributed by atoms with Crippen LogP contribution >= 0.6 is 0 Å². The molecule has 0 atom stereocenters. The Morgan fingerprint density at radius 1 is 1.19 bits per heavy atom. The van der Waals surface area contributed by atoms with Crippen molar-refractivity contribution in [1.29, 1.82) is 0 Å². The molecule has 1 aromatic rings. The van der Waals surface area contributed by atoms with Crippen molar-refractivity contribution in [3.05, 3.63) is 17.5 Å². The van der Waals surface area contributed by atoms with Crippen LogP contribution in [-0.4, -0.2) is 43.0 Å². The van der Waals surface area contributed by atoms with E-state index < -0.39 is 30.9 Å². The van der Waals surface area contributed by atoms with Crippen molar-refractivity contribution in [2.24, 2.45) is 0 Å². The maximum atomic E-state index is 10.7. The van der Waals surface area contributed by atoms with Gasteiger partial charge in [0.05, 0.1) is 12.1 Å². The van der Waals surface area contributed by atoms with Crippen molar-refractivity contribution in [1.82, 2.24) is 9.78 Å². The van der Waals surface area contributed by atoms with Gasteiger partial charge < -0.3 is 15.3 Å². The van der Waals surface area contributed by atoms with E-state index in [0.717, 1.165) is 10.9 Å². The molecule has 0 saturated heterocycles. The average molecular weight is 228 g/mol. The lowest BCUT2D eigenvalue weighted by molar-refractivity contribution is -0.138. The Hall–Kier alpha value is -2.38. The molecule has 0 amide bonds. The van der Waals surface area contributed by atoms with E-state index in [2.05, 4.69) is 5.10 Å². The quantitative estimate of drug-likeness (QED) is 0.606. The molecule has 86 valence electrons. The first-order valence-electron chi connectivity index (χ1n) is 4.13. The molecule has 8 heteroatoms. The van der Waals surface area contributed by atoms with Gasteiger partial charge >= 0.3 is 17.9 Å². The van der Waals surface area contributed by atoms with Crippen molar-refractivity contribution < 1.29 is 29.7 Å². The van der Waals surface area contributed by atoms with Crippen LogP contribution in [0.25, 0.3) is 0 Å². The van der Waals surface area contributed by atoms with Gasteiger partial charge in [0.2, 0.25) is 0 Å². The van der Waals surface area contributed by atoms with Gasteiger partial charge in [-0.1, -0.05) is 0 Å². The second kappa shape index (κ2) is 4.43. The van der Waals surface area contributed by atoms with Crippen LogP contribution in [0, 0.1) is 0 Å². The number of aromatic nitrogens is 2. The maximum Gasteiger partial charge on any atom is 0.339 e. The van der Waals surface area contributed by atoms with E-state index in [-0.39, 0.29) is 11.3 Å². The minimum atomic E-state index is -1.34. The first kappa shape index (κ1) is 11.7. The molecule has 1 rings (SSSR count). The van der Waals surface area contributed by atoms with E-state index in [1.54, 1.807) is 0 Å². The van der Waals surface area contributed by atoms with Gasteiger partial charge in [-0.2, -0.15) is 5.10 Å². The van der Waals surface area contributed by atoms with Crippen molar-refractivity contribution in [3.8, 4) is 0 Å². The monoisotopic (exact) mass is 228 g/mol. The van der Waals surface area contributed by atoms with Crippen LogP contribution in [0.15, 0.2) is 6.20 Å². The van der Waals surface area contributed by atoms with Crippen LogP contribution in [0.1, 0.15) is 16.1 Å². The number of rotatable bonds is 5. The molecule has 16 heavy (non-hydrogen) atoms. The topological polar surface area (TPSA) is 130 Å². The Morgan fingerprint density at radius 3 is 2.25 bits per heavy atom. The summed E-state index contributed by atoms with van der Waals surface area (Å²) in [4.78, 5) is 31.5. The minimum Gasteiger partial charge on any atom is -0.481 e. The average Bonchev–Trinajstić information content (AvgIpc) is 2.45. The Morgan fingerprint density at radius 2 is 1.81 bits per heavy atom. The lowest BCUT2D eigenvalue weighted by atomic mass is 10.2. The summed E-state index contributed by atoms with van der Waals surface area (Å²) < 4.78 is 0.879. The van der Waals surface area contributed by atoms with E-state index in [1.807, 2.05) is 0 Å². The Balaban J connectivity index is 3.04. The molecule has 0 aliphatic carbocycles. The van der Waals surface area contributed by atoms with E-state index >= 15 is 0 Å². The summed E-state index contributed by atoms with van der Waals surface area (Å²) >= 11 is 0. The van der Waals surface area contributed by atoms with E-state index in [1.165, 1.54) is 0 Å². The molecule has 0 saturated carbocycles. The Labute approximate surface area is 88.7 Å². The highest BCUT2D eigenvalue weighted by Crippen LogP contribution is 2.08. The highest BCUT2D eigenvalue weighted by Gasteiger charge is 2.18. The van der Waals surface area contributed by atoms with Crippen molar-refractivity contribution in [2.75, 3.05) is 0 Å². The fourth-order valence-electron chi connectivity index (χ4n) is 1.13. The highest BCUT2D eigenvalue weighted by molar-refractivity contribution is 5.90. The molecule has 0 spiro atoms.